The lowest BCUT2D eigenvalue weighted by atomic mass is 9.84. The molecule has 2 amide bonds. The maximum absolute atomic E-state index is 12.0. The van der Waals surface area contributed by atoms with E-state index in [1.54, 1.807) is 0 Å². The number of hydrogen-bond acceptors (Lipinski definition) is 2. The Hall–Kier alpha value is -1.26. The van der Waals surface area contributed by atoms with Crippen LogP contribution in [0.3, 0.4) is 0 Å². The molecule has 0 aliphatic heterocycles. The highest BCUT2D eigenvalue weighted by Crippen LogP contribution is 2.26. The molecule has 0 saturated heterocycles. The number of rotatable bonds is 4. The molecule has 5 nitrogen and oxygen atoms in total. The van der Waals surface area contributed by atoms with Crippen molar-refractivity contribution in [3.63, 3.8) is 0 Å². The first kappa shape index (κ1) is 15.1. The second-order valence-corrected chi connectivity index (χ2v) is 6.17. The van der Waals surface area contributed by atoms with Crippen molar-refractivity contribution < 1.29 is 14.7 Å². The van der Waals surface area contributed by atoms with Crippen molar-refractivity contribution in [2.45, 2.75) is 76.3 Å². The molecular formula is C15H26N2O3. The molecule has 114 valence electrons. The molecule has 0 unspecified atom stereocenters. The van der Waals surface area contributed by atoms with E-state index in [0.717, 1.165) is 51.4 Å². The average Bonchev–Trinajstić information content (AvgIpc) is 2.46. The summed E-state index contributed by atoms with van der Waals surface area (Å²) in [7, 11) is 0. The van der Waals surface area contributed by atoms with Gasteiger partial charge in [0.15, 0.2) is 0 Å². The number of carboxylic acids is 1. The van der Waals surface area contributed by atoms with Gasteiger partial charge in [-0.3, -0.25) is 0 Å². The summed E-state index contributed by atoms with van der Waals surface area (Å²) in [6.07, 6.45) is 10.7. The maximum atomic E-state index is 12.0. The number of amides is 2. The number of aliphatic carboxylic acids is 1. The van der Waals surface area contributed by atoms with Gasteiger partial charge < -0.3 is 15.7 Å². The molecule has 0 aromatic rings. The van der Waals surface area contributed by atoms with E-state index in [1.165, 1.54) is 12.8 Å². The zero-order valence-corrected chi connectivity index (χ0v) is 12.1. The second kappa shape index (κ2) is 7.50. The Balaban J connectivity index is 1.83. The molecule has 0 bridgehead atoms. The van der Waals surface area contributed by atoms with Crippen molar-refractivity contribution in [2.75, 3.05) is 0 Å². The van der Waals surface area contributed by atoms with Crippen LogP contribution < -0.4 is 10.6 Å². The van der Waals surface area contributed by atoms with Gasteiger partial charge in [-0.15, -0.1) is 0 Å². The molecule has 20 heavy (non-hydrogen) atoms. The summed E-state index contributed by atoms with van der Waals surface area (Å²) in [5.74, 6) is -0.825. The Morgan fingerprint density at radius 2 is 1.45 bits per heavy atom. The summed E-state index contributed by atoms with van der Waals surface area (Å²) in [5.41, 5.74) is 0. The molecule has 0 spiro atoms. The van der Waals surface area contributed by atoms with E-state index in [-0.39, 0.29) is 18.0 Å². The monoisotopic (exact) mass is 282 g/mol. The number of nitrogens with one attached hydrogen (secondary N) is 2. The highest BCUT2D eigenvalue weighted by molar-refractivity contribution is 5.82. The van der Waals surface area contributed by atoms with Crippen molar-refractivity contribution >= 4 is 12.0 Å². The standard InChI is InChI=1S/C15H26N2O3/c18-14(19)13(11-7-3-1-4-8-11)17-15(20)16-12-9-5-2-6-10-12/h11-13H,1-10H2,(H,18,19)(H2,16,17,20)/t13-/m0/s1. The van der Waals surface area contributed by atoms with Gasteiger partial charge in [0, 0.05) is 6.04 Å². The van der Waals surface area contributed by atoms with Gasteiger partial charge in [0.05, 0.1) is 0 Å². The highest BCUT2D eigenvalue weighted by atomic mass is 16.4. The fourth-order valence-electron chi connectivity index (χ4n) is 3.46. The third-order valence-electron chi connectivity index (χ3n) is 4.61. The largest absolute Gasteiger partial charge is 0.480 e. The Morgan fingerprint density at radius 3 is 2.00 bits per heavy atom. The lowest BCUT2D eigenvalue weighted by Gasteiger charge is -2.29. The van der Waals surface area contributed by atoms with Crippen LogP contribution in [-0.2, 0) is 4.79 Å². The molecule has 3 N–H and O–H groups in total. The Morgan fingerprint density at radius 1 is 0.900 bits per heavy atom. The van der Waals surface area contributed by atoms with Crippen LogP contribution in [0.1, 0.15) is 64.2 Å². The molecule has 5 heteroatoms. The fourth-order valence-corrected chi connectivity index (χ4v) is 3.46. The second-order valence-electron chi connectivity index (χ2n) is 6.17. The van der Waals surface area contributed by atoms with Gasteiger partial charge in [0.1, 0.15) is 6.04 Å². The van der Waals surface area contributed by atoms with Gasteiger partial charge >= 0.3 is 12.0 Å². The van der Waals surface area contributed by atoms with Gasteiger partial charge in [-0.2, -0.15) is 0 Å². The molecule has 0 aromatic carbocycles. The van der Waals surface area contributed by atoms with Crippen LogP contribution in [0.25, 0.3) is 0 Å². The van der Waals surface area contributed by atoms with E-state index in [2.05, 4.69) is 10.6 Å². The minimum Gasteiger partial charge on any atom is -0.480 e. The lowest BCUT2D eigenvalue weighted by Crippen LogP contribution is -2.52. The predicted octanol–water partition coefficient (Wildman–Crippen LogP) is 2.65. The van der Waals surface area contributed by atoms with Crippen LogP contribution in [-0.4, -0.2) is 29.2 Å². The smallest absolute Gasteiger partial charge is 0.326 e. The average molecular weight is 282 g/mol. The topological polar surface area (TPSA) is 78.4 Å². The van der Waals surface area contributed by atoms with Gasteiger partial charge in [-0.1, -0.05) is 38.5 Å². The van der Waals surface area contributed by atoms with Gasteiger partial charge in [0.2, 0.25) is 0 Å². The maximum Gasteiger partial charge on any atom is 0.326 e. The van der Waals surface area contributed by atoms with E-state index < -0.39 is 12.0 Å². The van der Waals surface area contributed by atoms with Gasteiger partial charge in [0.25, 0.3) is 0 Å². The molecule has 1 atom stereocenters. The summed E-state index contributed by atoms with van der Waals surface area (Å²) in [6, 6.07) is -0.835. The molecule has 2 rings (SSSR count). The summed E-state index contributed by atoms with van der Waals surface area (Å²) < 4.78 is 0. The van der Waals surface area contributed by atoms with Gasteiger partial charge in [-0.05, 0) is 31.6 Å². The fraction of sp³-hybridized carbons (Fsp3) is 0.867. The van der Waals surface area contributed by atoms with Gasteiger partial charge in [-0.25, -0.2) is 9.59 Å². The number of carbonyl (C=O) groups excluding carboxylic acids is 1. The van der Waals surface area contributed by atoms with E-state index in [0.29, 0.717) is 0 Å². The highest BCUT2D eigenvalue weighted by Gasteiger charge is 2.31. The Kier molecular flexibility index (Phi) is 5.68. The SMILES string of the molecule is O=C(NC1CCCCC1)N[C@H](C(=O)O)C1CCCCC1. The zero-order valence-electron chi connectivity index (χ0n) is 12.1. The molecule has 0 aromatic heterocycles. The minimum atomic E-state index is -0.907. The third-order valence-corrected chi connectivity index (χ3v) is 4.61. The molecule has 2 aliphatic rings. The first-order valence-corrected chi connectivity index (χ1v) is 7.96. The van der Waals surface area contributed by atoms with Crippen LogP contribution in [0.4, 0.5) is 4.79 Å². The van der Waals surface area contributed by atoms with Crippen molar-refractivity contribution in [3.8, 4) is 0 Å². The number of hydrogen-bond donors (Lipinski definition) is 3. The molecule has 0 heterocycles. The normalized spacial score (nSPS) is 23.0. The van der Waals surface area contributed by atoms with E-state index in [4.69, 9.17) is 0 Å². The first-order valence-electron chi connectivity index (χ1n) is 7.96. The third kappa shape index (κ3) is 4.39. The Labute approximate surface area is 120 Å². The first-order chi connectivity index (χ1) is 9.66. The number of carboxylic acid groups (broad SMARTS) is 1. The van der Waals surface area contributed by atoms with Crippen LogP contribution in [0, 0.1) is 5.92 Å². The van der Waals surface area contributed by atoms with Crippen molar-refractivity contribution in [1.29, 1.82) is 0 Å². The molecular weight excluding hydrogens is 256 g/mol. The molecule has 2 fully saturated rings. The van der Waals surface area contributed by atoms with Crippen molar-refractivity contribution in [2.24, 2.45) is 5.92 Å². The lowest BCUT2D eigenvalue weighted by molar-refractivity contribution is -0.141. The van der Waals surface area contributed by atoms with Crippen molar-refractivity contribution in [1.82, 2.24) is 10.6 Å². The molecule has 2 saturated carbocycles. The summed E-state index contributed by atoms with van der Waals surface area (Å²) in [4.78, 5) is 23.4. The van der Waals surface area contributed by atoms with Crippen LogP contribution in [0.2, 0.25) is 0 Å². The molecule has 2 aliphatic carbocycles. The van der Waals surface area contributed by atoms with E-state index in [9.17, 15) is 14.7 Å². The summed E-state index contributed by atoms with van der Waals surface area (Å²) in [5, 5.41) is 15.0. The van der Waals surface area contributed by atoms with Crippen LogP contribution in [0.15, 0.2) is 0 Å². The quantitative estimate of drug-likeness (QED) is 0.741. The van der Waals surface area contributed by atoms with E-state index in [1.807, 2.05) is 0 Å². The zero-order chi connectivity index (χ0) is 14.4. The minimum absolute atomic E-state index is 0.0818. The van der Waals surface area contributed by atoms with E-state index >= 15 is 0 Å². The summed E-state index contributed by atoms with van der Waals surface area (Å²) >= 11 is 0. The molecule has 0 radical (unpaired) electrons. The Bertz CT molecular complexity index is 334. The number of urea groups is 1. The van der Waals surface area contributed by atoms with Crippen LogP contribution >= 0.6 is 0 Å². The predicted molar refractivity (Wildman–Crippen MR) is 76.5 cm³/mol. The van der Waals surface area contributed by atoms with Crippen molar-refractivity contribution in [3.05, 3.63) is 0 Å². The number of carbonyl (C=O) groups is 2. The van der Waals surface area contributed by atoms with Crippen LogP contribution in [0.5, 0.6) is 0 Å². The summed E-state index contributed by atoms with van der Waals surface area (Å²) in [6.45, 7) is 0.